The van der Waals surface area contributed by atoms with Crippen molar-refractivity contribution in [3.63, 3.8) is 0 Å². The third-order valence-corrected chi connectivity index (χ3v) is 2.74. The van der Waals surface area contributed by atoms with E-state index >= 15 is 0 Å². The van der Waals surface area contributed by atoms with Gasteiger partial charge in [0.2, 0.25) is 0 Å². The Balaban J connectivity index is 2.28. The summed E-state index contributed by atoms with van der Waals surface area (Å²) in [6, 6.07) is 9.08. The van der Waals surface area contributed by atoms with Gasteiger partial charge in [-0.3, -0.25) is 4.79 Å². The van der Waals surface area contributed by atoms with Crippen LogP contribution in [0.4, 0.5) is 15.9 Å². The molecule has 0 aliphatic heterocycles. The number of pyridine rings is 1. The van der Waals surface area contributed by atoms with Crippen LogP contribution < -0.4 is 10.6 Å². The fourth-order valence-corrected chi connectivity index (χ4v) is 1.68. The molecule has 2 aromatic rings. The number of anilines is 2. The largest absolute Gasteiger partial charge is 0.373 e. The Bertz CT molecular complexity index is 619. The summed E-state index contributed by atoms with van der Waals surface area (Å²) in [4.78, 5) is 16.0. The minimum atomic E-state index is -0.563. The topological polar surface area (TPSA) is 54.0 Å². The zero-order valence-corrected chi connectivity index (χ0v) is 10.8. The van der Waals surface area contributed by atoms with E-state index in [1.54, 1.807) is 25.2 Å². The van der Waals surface area contributed by atoms with Gasteiger partial charge in [-0.25, -0.2) is 9.37 Å². The molecule has 0 saturated heterocycles. The Labute approximate surface area is 114 Å². The van der Waals surface area contributed by atoms with E-state index in [2.05, 4.69) is 15.6 Å². The van der Waals surface area contributed by atoms with Gasteiger partial charge in [-0.05, 0) is 24.3 Å². The first-order chi connectivity index (χ1) is 9.11. The fourth-order valence-electron chi connectivity index (χ4n) is 1.48. The zero-order chi connectivity index (χ0) is 13.8. The van der Waals surface area contributed by atoms with Crippen LogP contribution in [0.25, 0.3) is 0 Å². The molecule has 0 aliphatic rings. The Morgan fingerprint density at radius 3 is 2.68 bits per heavy atom. The van der Waals surface area contributed by atoms with Crippen LogP contribution in [0.2, 0.25) is 5.02 Å². The maximum Gasteiger partial charge on any atom is 0.275 e. The van der Waals surface area contributed by atoms with Crippen molar-refractivity contribution in [1.29, 1.82) is 0 Å². The molecular formula is C13H11ClFN3O. The highest BCUT2D eigenvalue weighted by atomic mass is 35.5. The second-order valence-electron chi connectivity index (χ2n) is 3.71. The van der Waals surface area contributed by atoms with Gasteiger partial charge in [0, 0.05) is 7.05 Å². The highest BCUT2D eigenvalue weighted by Crippen LogP contribution is 2.19. The summed E-state index contributed by atoms with van der Waals surface area (Å²) in [5.74, 6) is -0.577. The van der Waals surface area contributed by atoms with Crippen molar-refractivity contribution in [2.45, 2.75) is 0 Å². The van der Waals surface area contributed by atoms with Gasteiger partial charge in [0.1, 0.15) is 17.3 Å². The van der Waals surface area contributed by atoms with Crippen molar-refractivity contribution in [3.05, 3.63) is 52.9 Å². The zero-order valence-electron chi connectivity index (χ0n) is 10.1. The average molecular weight is 280 g/mol. The van der Waals surface area contributed by atoms with Crippen molar-refractivity contribution in [2.24, 2.45) is 0 Å². The SMILES string of the molecule is CNc1ccc(Cl)c(C(=O)Nc2ccccc2F)n1. The van der Waals surface area contributed by atoms with Crippen LogP contribution in [0.15, 0.2) is 36.4 Å². The highest BCUT2D eigenvalue weighted by Gasteiger charge is 2.14. The summed E-state index contributed by atoms with van der Waals surface area (Å²) >= 11 is 5.91. The molecule has 1 aromatic carbocycles. The maximum atomic E-state index is 13.4. The van der Waals surface area contributed by atoms with E-state index in [1.165, 1.54) is 18.2 Å². The number of carbonyl (C=O) groups is 1. The Morgan fingerprint density at radius 2 is 2.00 bits per heavy atom. The average Bonchev–Trinajstić information content (AvgIpc) is 2.42. The molecule has 0 fully saturated rings. The summed E-state index contributed by atoms with van der Waals surface area (Å²) in [6.45, 7) is 0. The Hall–Kier alpha value is -2.14. The number of nitrogens with one attached hydrogen (secondary N) is 2. The molecule has 4 nitrogen and oxygen atoms in total. The van der Waals surface area contributed by atoms with Gasteiger partial charge in [0.25, 0.3) is 5.91 Å². The van der Waals surface area contributed by atoms with Gasteiger partial charge in [-0.1, -0.05) is 23.7 Å². The van der Waals surface area contributed by atoms with Crippen LogP contribution in [0.3, 0.4) is 0 Å². The first-order valence-electron chi connectivity index (χ1n) is 5.52. The standard InChI is InChI=1S/C13H11ClFN3O/c1-16-11-7-6-8(14)12(18-11)13(19)17-10-5-3-2-4-9(10)15/h2-7H,1H3,(H,16,18)(H,17,19). The van der Waals surface area contributed by atoms with Crippen LogP contribution >= 0.6 is 11.6 Å². The number of nitrogens with zero attached hydrogens (tertiary/aromatic N) is 1. The van der Waals surface area contributed by atoms with Crippen molar-refractivity contribution < 1.29 is 9.18 Å². The quantitative estimate of drug-likeness (QED) is 0.907. The van der Waals surface area contributed by atoms with Gasteiger partial charge in [-0.2, -0.15) is 0 Å². The molecule has 0 unspecified atom stereocenters. The van der Waals surface area contributed by atoms with Crippen molar-refractivity contribution >= 4 is 29.0 Å². The number of hydrogen-bond acceptors (Lipinski definition) is 3. The van der Waals surface area contributed by atoms with E-state index < -0.39 is 11.7 Å². The number of carbonyl (C=O) groups excluding carboxylic acids is 1. The molecule has 0 spiro atoms. The Morgan fingerprint density at radius 1 is 1.26 bits per heavy atom. The smallest absolute Gasteiger partial charge is 0.275 e. The van der Waals surface area contributed by atoms with Crippen LogP contribution in [-0.4, -0.2) is 17.9 Å². The van der Waals surface area contributed by atoms with E-state index in [0.717, 1.165) is 0 Å². The van der Waals surface area contributed by atoms with Crippen molar-refractivity contribution in [1.82, 2.24) is 4.98 Å². The van der Waals surface area contributed by atoms with E-state index in [1.807, 2.05) is 0 Å². The van der Waals surface area contributed by atoms with E-state index in [9.17, 15) is 9.18 Å². The second kappa shape index (κ2) is 5.67. The van der Waals surface area contributed by atoms with Crippen LogP contribution in [0, 0.1) is 5.82 Å². The van der Waals surface area contributed by atoms with Gasteiger partial charge in [-0.15, -0.1) is 0 Å². The lowest BCUT2D eigenvalue weighted by Gasteiger charge is -2.08. The van der Waals surface area contributed by atoms with Crippen LogP contribution in [0.1, 0.15) is 10.5 Å². The monoisotopic (exact) mass is 279 g/mol. The number of amides is 1. The number of aromatic nitrogens is 1. The predicted octanol–water partition coefficient (Wildman–Crippen LogP) is 3.17. The lowest BCUT2D eigenvalue weighted by Crippen LogP contribution is -2.15. The molecule has 2 rings (SSSR count). The molecule has 1 aromatic heterocycles. The molecule has 0 radical (unpaired) electrons. The van der Waals surface area contributed by atoms with Crippen molar-refractivity contribution in [3.8, 4) is 0 Å². The second-order valence-corrected chi connectivity index (χ2v) is 4.12. The number of para-hydroxylation sites is 1. The summed E-state index contributed by atoms with van der Waals surface area (Å²) in [6.07, 6.45) is 0. The highest BCUT2D eigenvalue weighted by molar-refractivity contribution is 6.34. The molecular weight excluding hydrogens is 269 g/mol. The molecule has 0 aliphatic carbocycles. The normalized spacial score (nSPS) is 10.1. The molecule has 19 heavy (non-hydrogen) atoms. The summed E-state index contributed by atoms with van der Waals surface area (Å²) < 4.78 is 13.4. The van der Waals surface area contributed by atoms with Crippen LogP contribution in [-0.2, 0) is 0 Å². The van der Waals surface area contributed by atoms with Gasteiger partial charge in [0.05, 0.1) is 10.7 Å². The molecule has 2 N–H and O–H groups in total. The number of halogens is 2. The van der Waals surface area contributed by atoms with Crippen LogP contribution in [0.5, 0.6) is 0 Å². The van der Waals surface area contributed by atoms with Gasteiger partial charge in [0.15, 0.2) is 0 Å². The number of hydrogen-bond donors (Lipinski definition) is 2. The third kappa shape index (κ3) is 3.00. The first kappa shape index (κ1) is 13.3. The fraction of sp³-hybridized carbons (Fsp3) is 0.0769. The molecule has 98 valence electrons. The van der Waals surface area contributed by atoms with Crippen molar-refractivity contribution in [2.75, 3.05) is 17.7 Å². The van der Waals surface area contributed by atoms with Gasteiger partial charge < -0.3 is 10.6 Å². The number of benzene rings is 1. The predicted molar refractivity (Wildman–Crippen MR) is 73.1 cm³/mol. The molecule has 1 heterocycles. The van der Waals surface area contributed by atoms with E-state index in [-0.39, 0.29) is 16.4 Å². The summed E-state index contributed by atoms with van der Waals surface area (Å²) in [7, 11) is 1.68. The minimum Gasteiger partial charge on any atom is -0.373 e. The Kier molecular flexibility index (Phi) is 3.97. The number of rotatable bonds is 3. The molecule has 0 bridgehead atoms. The lowest BCUT2D eigenvalue weighted by atomic mass is 10.2. The summed E-state index contributed by atoms with van der Waals surface area (Å²) in [5, 5.41) is 5.43. The molecule has 1 amide bonds. The first-order valence-corrected chi connectivity index (χ1v) is 5.90. The molecule has 0 saturated carbocycles. The molecule has 6 heteroatoms. The molecule has 0 atom stereocenters. The third-order valence-electron chi connectivity index (χ3n) is 2.44. The lowest BCUT2D eigenvalue weighted by molar-refractivity contribution is 0.102. The minimum absolute atomic E-state index is 0.0387. The van der Waals surface area contributed by atoms with Gasteiger partial charge >= 0.3 is 0 Å². The van der Waals surface area contributed by atoms with E-state index in [0.29, 0.717) is 5.82 Å². The van der Waals surface area contributed by atoms with E-state index in [4.69, 9.17) is 11.6 Å². The summed E-state index contributed by atoms with van der Waals surface area (Å²) in [5.41, 5.74) is 0.122. The maximum absolute atomic E-state index is 13.4.